The number of fused-ring (bicyclic) bond motifs is 1. The maximum atomic E-state index is 12.7. The number of halogens is 1. The smallest absolute Gasteiger partial charge is 0.262 e. The van der Waals surface area contributed by atoms with Gasteiger partial charge >= 0.3 is 0 Å². The fraction of sp³-hybridized carbons (Fsp3) is 0.500. The van der Waals surface area contributed by atoms with Gasteiger partial charge in [0.25, 0.3) is 5.56 Å². The lowest BCUT2D eigenvalue weighted by Gasteiger charge is -2.12. The Balaban J connectivity index is 2.29. The van der Waals surface area contributed by atoms with E-state index >= 15 is 0 Å². The second-order valence-corrected chi connectivity index (χ2v) is 6.64. The Morgan fingerprint density at radius 1 is 1.35 bits per heavy atom. The predicted octanol–water partition coefficient (Wildman–Crippen LogP) is 2.95. The summed E-state index contributed by atoms with van der Waals surface area (Å²) in [5.74, 6) is 0.853. The molecule has 1 heterocycles. The fourth-order valence-corrected chi connectivity index (χ4v) is 3.41. The Morgan fingerprint density at radius 3 is 2.91 bits per heavy atom. The molecule has 0 aliphatic heterocycles. The molecule has 126 valence electrons. The van der Waals surface area contributed by atoms with Gasteiger partial charge in [-0.2, -0.15) is 0 Å². The van der Waals surface area contributed by atoms with Gasteiger partial charge in [-0.1, -0.05) is 29.8 Å². The van der Waals surface area contributed by atoms with Gasteiger partial charge in [0.1, 0.15) is 0 Å². The minimum atomic E-state index is -0.0680. The van der Waals surface area contributed by atoms with Gasteiger partial charge in [0.05, 0.1) is 24.1 Å². The SMILES string of the molecule is COCCn1c(SCCCCCO)nc2cc(Cl)ccc2c1=O. The summed E-state index contributed by atoms with van der Waals surface area (Å²) in [6.45, 7) is 1.15. The first-order valence-corrected chi connectivity index (χ1v) is 8.96. The minimum absolute atomic E-state index is 0.0680. The first-order valence-electron chi connectivity index (χ1n) is 7.60. The average molecular weight is 357 g/mol. The summed E-state index contributed by atoms with van der Waals surface area (Å²) in [6, 6.07) is 5.14. The van der Waals surface area contributed by atoms with Crippen LogP contribution in [0.4, 0.5) is 0 Å². The van der Waals surface area contributed by atoms with Gasteiger partial charge < -0.3 is 9.84 Å². The van der Waals surface area contributed by atoms with Crippen molar-refractivity contribution >= 4 is 34.3 Å². The number of hydrogen-bond acceptors (Lipinski definition) is 5. The highest BCUT2D eigenvalue weighted by Crippen LogP contribution is 2.21. The van der Waals surface area contributed by atoms with Gasteiger partial charge in [-0.05, 0) is 31.0 Å². The van der Waals surface area contributed by atoms with Gasteiger partial charge in [0, 0.05) is 24.5 Å². The van der Waals surface area contributed by atoms with Crippen LogP contribution >= 0.6 is 23.4 Å². The molecule has 0 saturated carbocycles. The molecular weight excluding hydrogens is 336 g/mol. The van der Waals surface area contributed by atoms with E-state index in [4.69, 9.17) is 21.4 Å². The number of aliphatic hydroxyl groups excluding tert-OH is 1. The van der Waals surface area contributed by atoms with Crippen LogP contribution < -0.4 is 5.56 Å². The Bertz CT molecular complexity index is 706. The monoisotopic (exact) mass is 356 g/mol. The molecule has 1 N–H and O–H groups in total. The largest absolute Gasteiger partial charge is 0.396 e. The van der Waals surface area contributed by atoms with Crippen molar-refractivity contribution in [3.63, 3.8) is 0 Å². The van der Waals surface area contributed by atoms with E-state index in [1.54, 1.807) is 41.6 Å². The average Bonchev–Trinajstić information content (AvgIpc) is 2.54. The molecule has 0 aliphatic carbocycles. The number of benzene rings is 1. The van der Waals surface area contributed by atoms with Crippen molar-refractivity contribution in [3.8, 4) is 0 Å². The van der Waals surface area contributed by atoms with E-state index in [1.807, 2.05) is 0 Å². The zero-order valence-electron chi connectivity index (χ0n) is 13.1. The number of nitrogens with zero attached hydrogens (tertiary/aromatic N) is 2. The molecule has 2 rings (SSSR count). The minimum Gasteiger partial charge on any atom is -0.396 e. The molecule has 5 nitrogen and oxygen atoms in total. The zero-order valence-corrected chi connectivity index (χ0v) is 14.7. The number of thioether (sulfide) groups is 1. The van der Waals surface area contributed by atoms with Crippen molar-refractivity contribution in [2.45, 2.75) is 31.0 Å². The van der Waals surface area contributed by atoms with Crippen LogP contribution in [0.1, 0.15) is 19.3 Å². The summed E-state index contributed by atoms with van der Waals surface area (Å²) in [4.78, 5) is 17.3. The van der Waals surface area contributed by atoms with Crippen LogP contribution in [0.25, 0.3) is 10.9 Å². The first kappa shape index (κ1) is 18.3. The molecule has 0 bridgehead atoms. The van der Waals surface area contributed by atoms with Crippen molar-refractivity contribution in [3.05, 3.63) is 33.6 Å². The Hall–Kier alpha value is -1.08. The number of aromatic nitrogens is 2. The molecule has 0 spiro atoms. The summed E-state index contributed by atoms with van der Waals surface area (Å²) in [7, 11) is 1.61. The molecule has 0 aliphatic rings. The molecule has 2 aromatic rings. The lowest BCUT2D eigenvalue weighted by atomic mass is 10.2. The zero-order chi connectivity index (χ0) is 16.7. The molecular formula is C16H21ClN2O3S. The second kappa shape index (κ2) is 9.27. The second-order valence-electron chi connectivity index (χ2n) is 5.14. The normalized spacial score (nSPS) is 11.3. The van der Waals surface area contributed by atoms with Crippen LogP contribution in [-0.2, 0) is 11.3 Å². The molecule has 0 fully saturated rings. The number of hydrogen-bond donors (Lipinski definition) is 1. The third-order valence-corrected chi connectivity index (χ3v) is 4.73. The number of unbranched alkanes of at least 4 members (excludes halogenated alkanes) is 2. The molecule has 1 aromatic carbocycles. The van der Waals surface area contributed by atoms with Gasteiger partial charge in [-0.15, -0.1) is 0 Å². The van der Waals surface area contributed by atoms with Crippen molar-refractivity contribution in [2.75, 3.05) is 26.1 Å². The third kappa shape index (κ3) is 4.94. The molecule has 23 heavy (non-hydrogen) atoms. The topological polar surface area (TPSA) is 64.3 Å². The van der Waals surface area contributed by atoms with Gasteiger partial charge in [0.2, 0.25) is 0 Å². The molecule has 0 saturated heterocycles. The number of rotatable bonds is 9. The van der Waals surface area contributed by atoms with E-state index in [0.29, 0.717) is 34.2 Å². The highest BCUT2D eigenvalue weighted by molar-refractivity contribution is 7.99. The number of ether oxygens (including phenoxy) is 1. The summed E-state index contributed by atoms with van der Waals surface area (Å²) in [5.41, 5.74) is 0.551. The van der Waals surface area contributed by atoms with Gasteiger partial charge in [-0.3, -0.25) is 9.36 Å². The molecule has 0 atom stereocenters. The van der Waals surface area contributed by atoms with Crippen LogP contribution in [0.15, 0.2) is 28.2 Å². The standard InChI is InChI=1S/C16H21ClN2O3S/c1-22-9-7-19-15(21)13-6-5-12(17)11-14(13)18-16(19)23-10-4-2-3-8-20/h5-6,11,20H,2-4,7-10H2,1H3. The maximum absolute atomic E-state index is 12.7. The van der Waals surface area contributed by atoms with E-state index < -0.39 is 0 Å². The molecule has 0 amide bonds. The fourth-order valence-electron chi connectivity index (χ4n) is 2.22. The van der Waals surface area contributed by atoms with E-state index in [-0.39, 0.29) is 12.2 Å². The summed E-state index contributed by atoms with van der Waals surface area (Å²) < 4.78 is 6.76. The van der Waals surface area contributed by atoms with Gasteiger partial charge in [0.15, 0.2) is 5.16 Å². The van der Waals surface area contributed by atoms with Crippen molar-refractivity contribution in [1.82, 2.24) is 9.55 Å². The van der Waals surface area contributed by atoms with Crippen LogP contribution in [0.5, 0.6) is 0 Å². The lowest BCUT2D eigenvalue weighted by molar-refractivity contribution is 0.183. The van der Waals surface area contributed by atoms with Crippen LogP contribution in [0.3, 0.4) is 0 Å². The predicted molar refractivity (Wildman–Crippen MR) is 94.5 cm³/mol. The third-order valence-electron chi connectivity index (χ3n) is 3.43. The summed E-state index contributed by atoms with van der Waals surface area (Å²) >= 11 is 7.56. The Labute approximate surface area is 144 Å². The molecule has 0 unspecified atom stereocenters. The number of aliphatic hydroxyl groups is 1. The molecule has 0 radical (unpaired) electrons. The molecule has 7 heteroatoms. The van der Waals surface area contributed by atoms with Crippen molar-refractivity contribution < 1.29 is 9.84 Å². The van der Waals surface area contributed by atoms with Crippen LogP contribution in [0.2, 0.25) is 5.02 Å². The van der Waals surface area contributed by atoms with Crippen molar-refractivity contribution in [2.24, 2.45) is 0 Å². The highest BCUT2D eigenvalue weighted by Gasteiger charge is 2.11. The van der Waals surface area contributed by atoms with Gasteiger partial charge in [-0.25, -0.2) is 4.98 Å². The van der Waals surface area contributed by atoms with E-state index in [2.05, 4.69) is 4.98 Å². The Morgan fingerprint density at radius 2 is 2.17 bits per heavy atom. The number of methoxy groups -OCH3 is 1. The maximum Gasteiger partial charge on any atom is 0.262 e. The highest BCUT2D eigenvalue weighted by atomic mass is 35.5. The van der Waals surface area contributed by atoms with E-state index in [0.717, 1.165) is 25.0 Å². The quantitative estimate of drug-likeness (QED) is 0.425. The first-order chi connectivity index (χ1) is 11.2. The lowest BCUT2D eigenvalue weighted by Crippen LogP contribution is -2.25. The molecule has 1 aromatic heterocycles. The van der Waals surface area contributed by atoms with Crippen molar-refractivity contribution in [1.29, 1.82) is 0 Å². The van der Waals surface area contributed by atoms with E-state index in [1.165, 1.54) is 0 Å². The summed E-state index contributed by atoms with van der Waals surface area (Å²) in [6.07, 6.45) is 2.74. The summed E-state index contributed by atoms with van der Waals surface area (Å²) in [5, 5.41) is 10.6. The van der Waals surface area contributed by atoms with Crippen LogP contribution in [-0.4, -0.2) is 40.7 Å². The van der Waals surface area contributed by atoms with Crippen LogP contribution in [0, 0.1) is 0 Å². The Kier molecular flexibility index (Phi) is 7.36. The van der Waals surface area contributed by atoms with E-state index in [9.17, 15) is 4.79 Å².